The maximum absolute atomic E-state index is 4.88. The Kier molecular flexibility index (Phi) is 9.85. The molecule has 0 atom stereocenters. The third kappa shape index (κ3) is 5.50. The molecule has 10 rings (SSSR count). The van der Waals surface area contributed by atoms with Gasteiger partial charge in [-0.25, -0.2) is 0 Å². The van der Waals surface area contributed by atoms with Gasteiger partial charge in [0.1, 0.15) is 22.1 Å². The zero-order valence-electron chi connectivity index (χ0n) is 35.9. The van der Waals surface area contributed by atoms with Crippen LogP contribution < -0.4 is 38.7 Å². The topological polar surface area (TPSA) is 51.6 Å². The second kappa shape index (κ2) is 12.9. The van der Waals surface area contributed by atoms with Gasteiger partial charge < -0.3 is 0 Å². The van der Waals surface area contributed by atoms with Gasteiger partial charge in [0.15, 0.2) is 0 Å². The molecule has 0 N–H and O–H groups in total. The molecular weight excluding hydrogens is 865 g/mol. The number of thiophene rings is 2. The third-order valence-electron chi connectivity index (χ3n) is 16.0. The van der Waals surface area contributed by atoms with E-state index in [9.17, 15) is 0 Å². The molecule has 0 aliphatic carbocycles. The number of hydrogen-bond donors (Lipinski definition) is 0. The van der Waals surface area contributed by atoms with E-state index < -0.39 is 60.7 Å². The molecule has 6 aromatic rings. The van der Waals surface area contributed by atoms with Gasteiger partial charge in [0.2, 0.25) is 0 Å². The molecule has 8 bridgehead atoms. The van der Waals surface area contributed by atoms with Crippen LogP contribution in [0.5, 0.6) is 0 Å². The number of aromatic nitrogens is 4. The van der Waals surface area contributed by atoms with Crippen molar-refractivity contribution in [3.8, 4) is 0 Å². The predicted molar refractivity (Wildman–Crippen MR) is 270 cm³/mol. The van der Waals surface area contributed by atoms with Crippen molar-refractivity contribution < 1.29 is 0 Å². The van der Waals surface area contributed by atoms with Gasteiger partial charge in [-0.3, -0.25) is 0 Å². The first kappa shape index (κ1) is 41.4. The lowest BCUT2D eigenvalue weighted by molar-refractivity contribution is 1.57. The Balaban J connectivity index is 0.000000167. The summed E-state index contributed by atoms with van der Waals surface area (Å²) in [5.74, 6) is 0. The fourth-order valence-electron chi connectivity index (χ4n) is 9.10. The second-order valence-corrected chi connectivity index (χ2v) is 85.3. The Morgan fingerprint density at radius 1 is 0.352 bits per heavy atom. The Labute approximate surface area is 348 Å². The van der Waals surface area contributed by atoms with E-state index in [0.717, 1.165) is 0 Å². The smallest absolute Gasteiger partial charge is 0.103 e. The monoisotopic (exact) mass is 924 g/mol. The van der Waals surface area contributed by atoms with Crippen LogP contribution in [-0.4, -0.2) is 78.2 Å². The minimum absolute atomic E-state index is 1.24. The Morgan fingerprint density at radius 2 is 0.593 bits per heavy atom. The quantitative estimate of drug-likeness (QED) is 0.152. The molecule has 0 fully saturated rings. The highest BCUT2D eigenvalue weighted by Gasteiger charge is 2.53. The van der Waals surface area contributed by atoms with Crippen LogP contribution in [0.2, 0.25) is 105 Å². The van der Waals surface area contributed by atoms with Crippen molar-refractivity contribution in [2.24, 2.45) is 0 Å². The van der Waals surface area contributed by atoms with Gasteiger partial charge in [-0.1, -0.05) is 141 Å². The summed E-state index contributed by atoms with van der Waals surface area (Å²) in [6, 6.07) is 15.1. The first-order valence-electron chi connectivity index (χ1n) is 19.4. The molecule has 0 saturated heterocycles. The van der Waals surface area contributed by atoms with Crippen molar-refractivity contribution >= 4 is 168 Å². The summed E-state index contributed by atoms with van der Waals surface area (Å²) >= 11 is 7.24. The van der Waals surface area contributed by atoms with Gasteiger partial charge in [0.05, 0.1) is 84.2 Å². The molecule has 4 aliphatic heterocycles. The zero-order chi connectivity index (χ0) is 40.0. The minimum atomic E-state index is -1.70. The maximum atomic E-state index is 4.88. The summed E-state index contributed by atoms with van der Waals surface area (Å²) in [5.41, 5.74) is 8.12. The number of fused-ring (bicyclic) bond motifs is 6. The van der Waals surface area contributed by atoms with Crippen molar-refractivity contribution in [2.45, 2.75) is 119 Å². The number of rotatable bonds is 0. The van der Waals surface area contributed by atoms with Gasteiger partial charge in [-0.15, -0.1) is 0 Å². The molecule has 4 aromatic heterocycles. The van der Waals surface area contributed by atoms with Crippen LogP contribution in [0.1, 0.15) is 11.1 Å². The van der Waals surface area contributed by atoms with Crippen molar-refractivity contribution in [3.63, 3.8) is 0 Å². The first-order valence-corrected chi connectivity index (χ1v) is 50.5. The molecule has 4 aliphatic rings. The van der Waals surface area contributed by atoms with Gasteiger partial charge in [-0.2, -0.15) is 40.2 Å². The molecule has 54 heavy (non-hydrogen) atoms. The lowest BCUT2D eigenvalue weighted by Crippen LogP contribution is -2.69. The van der Waals surface area contributed by atoms with E-state index in [1.807, 2.05) is 0 Å². The van der Waals surface area contributed by atoms with Crippen LogP contribution in [-0.2, 0) is 0 Å². The molecule has 4 nitrogen and oxygen atoms in total. The van der Waals surface area contributed by atoms with Crippen LogP contribution in [0.3, 0.4) is 0 Å². The van der Waals surface area contributed by atoms with E-state index in [-0.39, 0.29) is 0 Å². The SMILES string of the molecule is Cc1cc2sc1[Si](C)(C)[Si](C)(C)c1ccc(c3nsnc13)[Si](C)(C)[Si]2(C)C.Cc1cc2sc1[Si](C)(C)[Si](C)(C)c1ccc(c3nsnc13)[Si](C)(C)[Si]2(C)C. The van der Waals surface area contributed by atoms with Crippen LogP contribution in [0.15, 0.2) is 36.4 Å². The minimum Gasteiger partial charge on any atom is -0.173 e. The summed E-state index contributed by atoms with van der Waals surface area (Å²) in [5, 5.41) is 6.19. The van der Waals surface area contributed by atoms with Crippen molar-refractivity contribution in [1.82, 2.24) is 17.5 Å². The highest BCUT2D eigenvalue weighted by Crippen LogP contribution is 2.33. The molecule has 16 heteroatoms. The fraction of sp³-hybridized carbons (Fsp3) is 0.474. The average molecular weight is 926 g/mol. The van der Waals surface area contributed by atoms with E-state index >= 15 is 0 Å². The molecule has 2 aromatic carbocycles. The summed E-state index contributed by atoms with van der Waals surface area (Å²) in [6.45, 7) is 46.4. The molecule has 0 radical (unpaired) electrons. The highest BCUT2D eigenvalue weighted by atomic mass is 32.1. The Hall–Kier alpha value is -0.785. The number of hydrogen-bond acceptors (Lipinski definition) is 8. The Morgan fingerprint density at radius 3 is 0.852 bits per heavy atom. The Bertz CT molecular complexity index is 2300. The summed E-state index contributed by atoms with van der Waals surface area (Å²) < 4.78 is 26.4. The number of aryl methyl sites for hydroxylation is 2. The first-order chi connectivity index (χ1) is 24.7. The van der Waals surface area contributed by atoms with Gasteiger partial charge in [0.25, 0.3) is 0 Å². The molecule has 0 unspecified atom stereocenters. The van der Waals surface area contributed by atoms with Crippen LogP contribution in [0.25, 0.3) is 22.1 Å². The van der Waals surface area contributed by atoms with Gasteiger partial charge in [-0.05, 0) is 63.7 Å². The lowest BCUT2D eigenvalue weighted by atomic mass is 10.3. The standard InChI is InChI=1S/2C19H30N2S2Si4/c2*1-13-12-16-22-19(13)27(8,9)25(4,5)15-11-10-14(17-18(15)21-23-20-17)24(2,3)26(16,6)7/h2*10-12H,1-9H3. The van der Waals surface area contributed by atoms with E-state index in [0.29, 0.717) is 0 Å². The van der Waals surface area contributed by atoms with E-state index in [1.54, 1.807) is 49.9 Å². The summed E-state index contributed by atoms with van der Waals surface area (Å²) in [4.78, 5) is 0. The average Bonchev–Trinajstić information content (AvgIpc) is 3.89. The van der Waals surface area contributed by atoms with Crippen LogP contribution >= 0.6 is 46.1 Å². The molecule has 0 amide bonds. The normalized spacial score (nSPS) is 22.0. The predicted octanol–water partition coefficient (Wildman–Crippen LogP) is 7.19. The maximum Gasteiger partial charge on any atom is 0.103 e. The van der Waals surface area contributed by atoms with Crippen molar-refractivity contribution in [2.75, 3.05) is 0 Å². The molecule has 0 spiro atoms. The van der Waals surface area contributed by atoms with Crippen LogP contribution in [0, 0.1) is 13.8 Å². The van der Waals surface area contributed by atoms with Gasteiger partial charge >= 0.3 is 0 Å². The van der Waals surface area contributed by atoms with Gasteiger partial charge in [0, 0.05) is 0 Å². The molecule has 288 valence electrons. The van der Waals surface area contributed by atoms with Crippen molar-refractivity contribution in [1.29, 1.82) is 0 Å². The number of nitrogens with zero attached hydrogens (tertiary/aromatic N) is 4. The molecular formula is C38H60N4S4Si8. The molecule has 8 heterocycles. The molecule has 0 saturated carbocycles. The largest absolute Gasteiger partial charge is 0.173 e. The highest BCUT2D eigenvalue weighted by molar-refractivity contribution is 7.62. The van der Waals surface area contributed by atoms with E-state index in [2.05, 4.69) is 178 Å². The fourth-order valence-corrected chi connectivity index (χ4v) is 61.5. The van der Waals surface area contributed by atoms with Crippen LogP contribution in [0.4, 0.5) is 0 Å². The van der Waals surface area contributed by atoms with E-state index in [1.165, 1.54) is 45.5 Å². The zero-order valence-corrected chi connectivity index (χ0v) is 47.2. The number of benzene rings is 2. The third-order valence-corrected chi connectivity index (χ3v) is 97.4. The summed E-state index contributed by atoms with van der Waals surface area (Å²) in [7, 11) is -13.3. The van der Waals surface area contributed by atoms with Crippen molar-refractivity contribution in [3.05, 3.63) is 47.5 Å². The van der Waals surface area contributed by atoms with E-state index in [4.69, 9.17) is 17.5 Å². The summed E-state index contributed by atoms with van der Waals surface area (Å²) in [6.07, 6.45) is 0. The second-order valence-electron chi connectivity index (χ2n) is 20.5. The lowest BCUT2D eigenvalue weighted by Gasteiger charge is -2.39.